The van der Waals surface area contributed by atoms with E-state index in [2.05, 4.69) is 26.3 Å². The van der Waals surface area contributed by atoms with Crippen molar-refractivity contribution in [1.82, 2.24) is 9.66 Å². The van der Waals surface area contributed by atoms with E-state index < -0.39 is 11.7 Å². The number of fused-ring (bicyclic) bond motifs is 1. The van der Waals surface area contributed by atoms with Crippen molar-refractivity contribution in [3.63, 3.8) is 0 Å². The molecule has 1 N–H and O–H groups in total. The van der Waals surface area contributed by atoms with Crippen LogP contribution in [0.2, 0.25) is 0 Å². The van der Waals surface area contributed by atoms with E-state index in [1.165, 1.54) is 22.9 Å². The number of ether oxygens (including phenoxy) is 2. The maximum Gasteiger partial charge on any atom is 0.282 e. The Bertz CT molecular complexity index is 1590. The summed E-state index contributed by atoms with van der Waals surface area (Å²) in [5.74, 6) is 0.269. The topological polar surface area (TPSA) is 94.8 Å². The molecule has 0 fully saturated rings. The molecule has 0 unspecified atom stereocenters. The quantitative estimate of drug-likeness (QED) is 0.223. The van der Waals surface area contributed by atoms with Crippen LogP contribution in [0, 0.1) is 5.82 Å². The van der Waals surface area contributed by atoms with Crippen molar-refractivity contribution in [2.45, 2.75) is 33.1 Å². The molecule has 1 amide bonds. The Balaban J connectivity index is 1.59. The van der Waals surface area contributed by atoms with E-state index in [-0.39, 0.29) is 23.8 Å². The summed E-state index contributed by atoms with van der Waals surface area (Å²) in [5.41, 5.74) is 1.08. The molecule has 4 aromatic rings. The monoisotopic (exact) mass is 594 g/mol. The minimum atomic E-state index is -0.533. The van der Waals surface area contributed by atoms with Gasteiger partial charge in [-0.05, 0) is 67.4 Å². The van der Waals surface area contributed by atoms with Gasteiger partial charge in [-0.3, -0.25) is 9.59 Å². The molecule has 1 aromatic heterocycles. The lowest BCUT2D eigenvalue weighted by Crippen LogP contribution is -2.23. The molecule has 0 aliphatic rings. The Labute approximate surface area is 233 Å². The first-order valence-electron chi connectivity index (χ1n) is 12.5. The maximum atomic E-state index is 13.8. The number of carbonyl (C=O) groups excluding carboxylic acids is 1. The van der Waals surface area contributed by atoms with E-state index in [9.17, 15) is 14.0 Å². The minimum absolute atomic E-state index is 0.00756. The SMILES string of the molecule is CCOc1cc(C=Nn2c([C@@H](C)CC)nc3ccc(Br)cc3c2=O)ccc1OCC(=O)Nc1ccccc1F. The number of anilines is 1. The lowest BCUT2D eigenvalue weighted by molar-refractivity contribution is -0.118. The second-order valence-electron chi connectivity index (χ2n) is 8.76. The Kier molecular flexibility index (Phi) is 9.08. The molecule has 0 bridgehead atoms. The van der Waals surface area contributed by atoms with Gasteiger partial charge < -0.3 is 14.8 Å². The van der Waals surface area contributed by atoms with Crippen LogP contribution in [-0.4, -0.2) is 35.0 Å². The normalized spacial score (nSPS) is 12.0. The highest BCUT2D eigenvalue weighted by Gasteiger charge is 2.16. The van der Waals surface area contributed by atoms with Crippen molar-refractivity contribution in [3.8, 4) is 11.5 Å². The molecule has 0 spiro atoms. The fourth-order valence-electron chi connectivity index (χ4n) is 3.79. The van der Waals surface area contributed by atoms with Crippen LogP contribution in [0.5, 0.6) is 11.5 Å². The highest BCUT2D eigenvalue weighted by molar-refractivity contribution is 9.10. The van der Waals surface area contributed by atoms with Gasteiger partial charge in [-0.25, -0.2) is 9.37 Å². The van der Waals surface area contributed by atoms with Crippen LogP contribution in [0.15, 0.2) is 75.0 Å². The van der Waals surface area contributed by atoms with Crippen molar-refractivity contribution >= 4 is 44.6 Å². The Hall–Kier alpha value is -4.05. The third-order valence-electron chi connectivity index (χ3n) is 5.98. The minimum Gasteiger partial charge on any atom is -0.490 e. The third kappa shape index (κ3) is 6.69. The van der Waals surface area contributed by atoms with Gasteiger partial charge in [0.2, 0.25) is 0 Å². The Morgan fingerprint density at radius 2 is 1.92 bits per heavy atom. The predicted molar refractivity (Wildman–Crippen MR) is 154 cm³/mol. The summed E-state index contributed by atoms with van der Waals surface area (Å²) in [6.07, 6.45) is 2.34. The lowest BCUT2D eigenvalue weighted by Gasteiger charge is -2.14. The number of nitrogens with zero attached hydrogens (tertiary/aromatic N) is 3. The van der Waals surface area contributed by atoms with E-state index in [0.717, 1.165) is 10.9 Å². The molecule has 0 saturated carbocycles. The number of hydrogen-bond acceptors (Lipinski definition) is 6. The van der Waals surface area contributed by atoms with E-state index in [4.69, 9.17) is 14.5 Å². The third-order valence-corrected chi connectivity index (χ3v) is 6.48. The number of hydrogen-bond donors (Lipinski definition) is 1. The summed E-state index contributed by atoms with van der Waals surface area (Å²) in [5, 5.41) is 7.43. The van der Waals surface area contributed by atoms with Gasteiger partial charge in [-0.1, -0.05) is 41.9 Å². The van der Waals surface area contributed by atoms with E-state index in [1.807, 2.05) is 32.9 Å². The van der Waals surface area contributed by atoms with Crippen molar-refractivity contribution in [3.05, 3.63) is 92.7 Å². The smallest absolute Gasteiger partial charge is 0.282 e. The largest absolute Gasteiger partial charge is 0.490 e. The number of nitrogens with one attached hydrogen (secondary N) is 1. The number of aromatic nitrogens is 2. The first-order valence-corrected chi connectivity index (χ1v) is 13.3. The van der Waals surface area contributed by atoms with E-state index in [1.54, 1.807) is 36.5 Å². The Morgan fingerprint density at radius 3 is 2.67 bits per heavy atom. The number of carbonyl (C=O) groups is 1. The van der Waals surface area contributed by atoms with Gasteiger partial charge in [0, 0.05) is 10.4 Å². The predicted octanol–water partition coefficient (Wildman–Crippen LogP) is 6.11. The van der Waals surface area contributed by atoms with Gasteiger partial charge >= 0.3 is 0 Å². The fourth-order valence-corrected chi connectivity index (χ4v) is 4.15. The molecule has 39 heavy (non-hydrogen) atoms. The molecule has 3 aromatic carbocycles. The van der Waals surface area contributed by atoms with Gasteiger partial charge in [-0.15, -0.1) is 0 Å². The maximum absolute atomic E-state index is 13.8. The van der Waals surface area contributed by atoms with Crippen LogP contribution in [0.3, 0.4) is 0 Å². The molecule has 202 valence electrons. The van der Waals surface area contributed by atoms with Crippen molar-refractivity contribution in [1.29, 1.82) is 0 Å². The van der Waals surface area contributed by atoms with E-state index in [0.29, 0.717) is 40.4 Å². The van der Waals surface area contributed by atoms with Crippen LogP contribution in [0.25, 0.3) is 10.9 Å². The summed E-state index contributed by atoms with van der Waals surface area (Å²) < 4.78 is 27.3. The molecule has 0 saturated heterocycles. The number of benzene rings is 3. The van der Waals surface area contributed by atoms with Gasteiger partial charge in [0.25, 0.3) is 11.5 Å². The van der Waals surface area contributed by atoms with Gasteiger partial charge in [0.15, 0.2) is 18.1 Å². The molecule has 0 radical (unpaired) electrons. The zero-order valence-corrected chi connectivity index (χ0v) is 23.4. The molecule has 8 nitrogen and oxygen atoms in total. The molecule has 10 heteroatoms. The summed E-state index contributed by atoms with van der Waals surface area (Å²) in [6.45, 7) is 5.88. The fraction of sp³-hybridized carbons (Fsp3) is 0.241. The number of para-hydroxylation sites is 1. The van der Waals surface area contributed by atoms with Crippen molar-refractivity contribution in [2.24, 2.45) is 5.10 Å². The first kappa shape index (κ1) is 28.0. The van der Waals surface area contributed by atoms with Crippen molar-refractivity contribution < 1.29 is 18.7 Å². The average molecular weight is 595 g/mol. The highest BCUT2D eigenvalue weighted by atomic mass is 79.9. The van der Waals surface area contributed by atoms with Gasteiger partial charge in [0.05, 0.1) is 29.4 Å². The molecule has 1 heterocycles. The summed E-state index contributed by atoms with van der Waals surface area (Å²) in [4.78, 5) is 30.4. The van der Waals surface area contributed by atoms with Gasteiger partial charge in [0.1, 0.15) is 11.6 Å². The molecule has 0 aliphatic heterocycles. The summed E-state index contributed by atoms with van der Waals surface area (Å²) in [7, 11) is 0. The zero-order chi connectivity index (χ0) is 27.9. The summed E-state index contributed by atoms with van der Waals surface area (Å²) in [6, 6.07) is 16.4. The number of rotatable bonds is 10. The summed E-state index contributed by atoms with van der Waals surface area (Å²) >= 11 is 3.42. The average Bonchev–Trinajstić information content (AvgIpc) is 2.93. The number of halogens is 2. The van der Waals surface area contributed by atoms with Crippen LogP contribution in [0.1, 0.15) is 44.5 Å². The first-order chi connectivity index (χ1) is 18.8. The second kappa shape index (κ2) is 12.7. The van der Waals surface area contributed by atoms with Crippen LogP contribution < -0.4 is 20.3 Å². The Morgan fingerprint density at radius 1 is 1.13 bits per heavy atom. The van der Waals surface area contributed by atoms with Crippen LogP contribution >= 0.6 is 15.9 Å². The highest BCUT2D eigenvalue weighted by Crippen LogP contribution is 2.28. The molecular weight excluding hydrogens is 567 g/mol. The second-order valence-corrected chi connectivity index (χ2v) is 9.67. The lowest BCUT2D eigenvalue weighted by atomic mass is 10.1. The molecule has 4 rings (SSSR count). The zero-order valence-electron chi connectivity index (χ0n) is 21.8. The molecular formula is C29H28BrFN4O4. The van der Waals surface area contributed by atoms with Crippen LogP contribution in [-0.2, 0) is 4.79 Å². The standard InChI is InChI=1S/C29H28BrFN4O4/c1-4-18(3)28-34-23-12-11-20(30)15-21(23)29(37)35(28)32-16-19-10-13-25(26(14-19)38-5-2)39-17-27(36)33-24-9-7-6-8-22(24)31/h6-16,18H,4-5,17H2,1-3H3,(H,33,36)/t18-/m0/s1. The van der Waals surface area contributed by atoms with Crippen molar-refractivity contribution in [2.75, 3.05) is 18.5 Å². The molecule has 1 atom stereocenters. The van der Waals surface area contributed by atoms with Gasteiger partial charge in [-0.2, -0.15) is 9.78 Å². The van der Waals surface area contributed by atoms with E-state index >= 15 is 0 Å². The van der Waals surface area contributed by atoms with Crippen LogP contribution in [0.4, 0.5) is 10.1 Å². The molecule has 0 aliphatic carbocycles. The number of amides is 1.